The number of hydrogen-bond acceptors (Lipinski definition) is 2. The first-order valence-corrected chi connectivity index (χ1v) is 8.05. The summed E-state index contributed by atoms with van der Waals surface area (Å²) in [6.07, 6.45) is 5.29. The van der Waals surface area contributed by atoms with Crippen molar-refractivity contribution in [2.45, 2.75) is 46.5 Å². The van der Waals surface area contributed by atoms with Crippen molar-refractivity contribution in [3.8, 4) is 0 Å². The van der Waals surface area contributed by atoms with Gasteiger partial charge in [0.1, 0.15) is 0 Å². The van der Waals surface area contributed by atoms with Gasteiger partial charge in [-0.25, -0.2) is 0 Å². The average molecular weight is 274 g/mol. The first-order valence-electron chi connectivity index (χ1n) is 8.05. The van der Waals surface area contributed by atoms with Crippen molar-refractivity contribution in [1.82, 2.24) is 5.32 Å². The molecule has 2 heteroatoms. The van der Waals surface area contributed by atoms with E-state index >= 15 is 0 Å². The number of piperidine rings is 1. The molecule has 1 aromatic carbocycles. The minimum absolute atomic E-state index is 0.457. The second-order valence-corrected chi connectivity index (χ2v) is 6.68. The van der Waals surface area contributed by atoms with E-state index in [-0.39, 0.29) is 0 Å². The molecule has 0 aromatic heterocycles. The summed E-state index contributed by atoms with van der Waals surface area (Å²) >= 11 is 0. The van der Waals surface area contributed by atoms with Crippen molar-refractivity contribution >= 4 is 5.69 Å². The lowest BCUT2D eigenvalue weighted by Gasteiger charge is -2.41. The number of anilines is 1. The van der Waals surface area contributed by atoms with Crippen LogP contribution >= 0.6 is 0 Å². The van der Waals surface area contributed by atoms with Crippen LogP contribution in [0.1, 0.15) is 43.7 Å². The molecular formula is C18H30N2. The van der Waals surface area contributed by atoms with Crippen LogP contribution in [0.25, 0.3) is 0 Å². The average Bonchev–Trinajstić information content (AvgIpc) is 2.39. The van der Waals surface area contributed by atoms with Gasteiger partial charge in [0.25, 0.3) is 0 Å². The van der Waals surface area contributed by atoms with Gasteiger partial charge in [0.15, 0.2) is 0 Å². The van der Waals surface area contributed by atoms with E-state index in [1.54, 1.807) is 0 Å². The summed E-state index contributed by atoms with van der Waals surface area (Å²) in [5, 5.41) is 3.61. The molecular weight excluding hydrogens is 244 g/mol. The van der Waals surface area contributed by atoms with Crippen molar-refractivity contribution < 1.29 is 0 Å². The van der Waals surface area contributed by atoms with Crippen LogP contribution in [-0.2, 0) is 0 Å². The third-order valence-electron chi connectivity index (χ3n) is 4.68. The van der Waals surface area contributed by atoms with Crippen LogP contribution in [0.4, 0.5) is 5.69 Å². The highest BCUT2D eigenvalue weighted by Crippen LogP contribution is 2.34. The lowest BCUT2D eigenvalue weighted by Crippen LogP contribution is -2.47. The summed E-state index contributed by atoms with van der Waals surface area (Å²) in [7, 11) is 2.25. The minimum atomic E-state index is 0.457. The minimum Gasteiger partial charge on any atom is -0.374 e. The molecule has 1 atom stereocenters. The van der Waals surface area contributed by atoms with Gasteiger partial charge in [-0.3, -0.25) is 0 Å². The lowest BCUT2D eigenvalue weighted by atomic mass is 9.76. The number of aryl methyl sites for hydroxylation is 2. The van der Waals surface area contributed by atoms with Gasteiger partial charge in [0.2, 0.25) is 0 Å². The Morgan fingerprint density at radius 2 is 2.10 bits per heavy atom. The summed E-state index contributed by atoms with van der Waals surface area (Å²) in [6, 6.07) is 6.79. The molecule has 1 aliphatic rings. The molecule has 1 aromatic rings. The van der Waals surface area contributed by atoms with Gasteiger partial charge in [-0.05, 0) is 51.3 Å². The second kappa shape index (κ2) is 6.62. The number of nitrogens with one attached hydrogen (secondary N) is 1. The molecule has 1 N–H and O–H groups in total. The fourth-order valence-electron chi connectivity index (χ4n) is 3.81. The normalized spacial score (nSPS) is 22.8. The van der Waals surface area contributed by atoms with Gasteiger partial charge in [-0.15, -0.1) is 0 Å². The summed E-state index contributed by atoms with van der Waals surface area (Å²) in [6.45, 7) is 10.2. The Hall–Kier alpha value is -1.02. The van der Waals surface area contributed by atoms with Crippen molar-refractivity contribution in [1.29, 1.82) is 0 Å². The van der Waals surface area contributed by atoms with Crippen LogP contribution in [0, 0.1) is 19.3 Å². The second-order valence-electron chi connectivity index (χ2n) is 6.68. The Morgan fingerprint density at radius 1 is 1.30 bits per heavy atom. The molecule has 20 heavy (non-hydrogen) atoms. The number of nitrogens with zero attached hydrogens (tertiary/aromatic N) is 1. The topological polar surface area (TPSA) is 15.3 Å². The third kappa shape index (κ3) is 3.54. The first-order chi connectivity index (χ1) is 9.56. The summed E-state index contributed by atoms with van der Waals surface area (Å²) in [5.74, 6) is 0. The van der Waals surface area contributed by atoms with Crippen LogP contribution in [0.5, 0.6) is 0 Å². The zero-order chi connectivity index (χ0) is 14.6. The molecule has 0 aliphatic carbocycles. The smallest absolute Gasteiger partial charge is 0.0393 e. The van der Waals surface area contributed by atoms with Gasteiger partial charge in [0.05, 0.1) is 0 Å². The lowest BCUT2D eigenvalue weighted by molar-refractivity contribution is 0.197. The van der Waals surface area contributed by atoms with Gasteiger partial charge in [-0.2, -0.15) is 0 Å². The molecule has 0 spiro atoms. The van der Waals surface area contributed by atoms with Crippen molar-refractivity contribution in [2.24, 2.45) is 5.41 Å². The van der Waals surface area contributed by atoms with Gasteiger partial charge in [0, 0.05) is 31.2 Å². The maximum atomic E-state index is 3.61. The van der Waals surface area contributed by atoms with Gasteiger partial charge in [-0.1, -0.05) is 31.0 Å². The van der Waals surface area contributed by atoms with Crippen LogP contribution in [0.3, 0.4) is 0 Å². The molecule has 2 rings (SSSR count). The van der Waals surface area contributed by atoms with Crippen molar-refractivity contribution in [2.75, 3.05) is 31.6 Å². The summed E-state index contributed by atoms with van der Waals surface area (Å²) in [4.78, 5) is 2.47. The molecule has 1 heterocycles. The SMILES string of the molecule is CCCC1(CN(C)c2ccc(C)cc2C)CCCNC1. The maximum Gasteiger partial charge on any atom is 0.0393 e. The summed E-state index contributed by atoms with van der Waals surface area (Å²) < 4.78 is 0. The van der Waals surface area contributed by atoms with Crippen LogP contribution in [0.15, 0.2) is 18.2 Å². The monoisotopic (exact) mass is 274 g/mol. The Kier molecular flexibility index (Phi) is 5.09. The molecule has 2 nitrogen and oxygen atoms in total. The van der Waals surface area contributed by atoms with E-state index in [9.17, 15) is 0 Å². The predicted octanol–water partition coefficient (Wildman–Crippen LogP) is 3.91. The van der Waals surface area contributed by atoms with E-state index in [1.807, 2.05) is 0 Å². The quantitative estimate of drug-likeness (QED) is 0.876. The molecule has 0 saturated carbocycles. The van der Waals surface area contributed by atoms with Crippen LogP contribution in [-0.4, -0.2) is 26.7 Å². The highest BCUT2D eigenvalue weighted by molar-refractivity contribution is 5.54. The van der Waals surface area contributed by atoms with Crippen LogP contribution < -0.4 is 10.2 Å². The predicted molar refractivity (Wildman–Crippen MR) is 88.6 cm³/mol. The van der Waals surface area contributed by atoms with E-state index in [4.69, 9.17) is 0 Å². The Morgan fingerprint density at radius 3 is 2.70 bits per heavy atom. The Balaban J connectivity index is 2.13. The zero-order valence-electron chi connectivity index (χ0n) is 13.6. The largest absolute Gasteiger partial charge is 0.374 e. The van der Waals surface area contributed by atoms with Gasteiger partial charge >= 0.3 is 0 Å². The Bertz CT molecular complexity index is 428. The molecule has 1 unspecified atom stereocenters. The van der Waals surface area contributed by atoms with E-state index in [0.29, 0.717) is 5.41 Å². The highest BCUT2D eigenvalue weighted by atomic mass is 15.1. The highest BCUT2D eigenvalue weighted by Gasteiger charge is 2.32. The number of rotatable bonds is 5. The molecule has 1 fully saturated rings. The maximum absolute atomic E-state index is 3.61. The van der Waals surface area contributed by atoms with E-state index in [1.165, 1.54) is 55.6 Å². The first kappa shape index (κ1) is 15.4. The van der Waals surface area contributed by atoms with Crippen molar-refractivity contribution in [3.05, 3.63) is 29.3 Å². The van der Waals surface area contributed by atoms with Crippen LogP contribution in [0.2, 0.25) is 0 Å². The van der Waals surface area contributed by atoms with E-state index < -0.39 is 0 Å². The van der Waals surface area contributed by atoms with Crippen molar-refractivity contribution in [3.63, 3.8) is 0 Å². The number of hydrogen-bond donors (Lipinski definition) is 1. The number of benzene rings is 1. The molecule has 1 saturated heterocycles. The fraction of sp³-hybridized carbons (Fsp3) is 0.667. The van der Waals surface area contributed by atoms with Gasteiger partial charge < -0.3 is 10.2 Å². The molecule has 1 aliphatic heterocycles. The van der Waals surface area contributed by atoms with E-state index in [0.717, 1.165) is 6.54 Å². The Labute approximate surface area is 124 Å². The van der Waals surface area contributed by atoms with E-state index in [2.05, 4.69) is 56.2 Å². The molecule has 112 valence electrons. The third-order valence-corrected chi connectivity index (χ3v) is 4.68. The standard InChI is InChI=1S/C18H30N2/c1-5-9-18(10-6-11-19-13-18)14-20(4)17-8-7-15(2)12-16(17)3/h7-8,12,19H,5-6,9-11,13-14H2,1-4H3. The molecule has 0 radical (unpaired) electrons. The molecule has 0 bridgehead atoms. The fourth-order valence-corrected chi connectivity index (χ4v) is 3.81. The summed E-state index contributed by atoms with van der Waals surface area (Å²) in [5.41, 5.74) is 4.58. The zero-order valence-corrected chi connectivity index (χ0v) is 13.6. The molecule has 0 amide bonds.